The maximum absolute atomic E-state index is 12.2. The molecule has 6 heteroatoms. The van der Waals surface area contributed by atoms with E-state index >= 15 is 0 Å². The third-order valence-corrected chi connectivity index (χ3v) is 5.50. The molecule has 0 spiro atoms. The second-order valence-corrected chi connectivity index (χ2v) is 7.73. The monoisotopic (exact) mass is 406 g/mol. The first-order chi connectivity index (χ1) is 11.1. The fourth-order valence-corrected chi connectivity index (χ4v) is 4.17. The maximum atomic E-state index is 12.2. The highest BCUT2D eigenvalue weighted by Gasteiger charge is 2.13. The summed E-state index contributed by atoms with van der Waals surface area (Å²) in [5.41, 5.74) is 3.01. The molecule has 0 radical (unpaired) electrons. The topological polar surface area (TPSA) is 42.0 Å². The van der Waals surface area contributed by atoms with Crippen molar-refractivity contribution in [2.75, 3.05) is 0 Å². The Hall–Kier alpha value is -1.50. The van der Waals surface area contributed by atoms with Crippen molar-refractivity contribution in [1.82, 2.24) is 10.3 Å². The lowest BCUT2D eigenvalue weighted by atomic mass is 10.1. The fourth-order valence-electron chi connectivity index (χ4n) is 2.22. The molecule has 0 saturated heterocycles. The summed E-state index contributed by atoms with van der Waals surface area (Å²) in [7, 11) is 0. The Bertz CT molecular complexity index is 799. The summed E-state index contributed by atoms with van der Waals surface area (Å²) >= 11 is 6.68. The minimum atomic E-state index is -0.0324. The molecule has 3 aromatic rings. The number of halogens is 1. The quantitative estimate of drug-likeness (QED) is 0.643. The van der Waals surface area contributed by atoms with Crippen molar-refractivity contribution in [1.29, 1.82) is 0 Å². The van der Waals surface area contributed by atoms with Crippen molar-refractivity contribution in [2.24, 2.45) is 0 Å². The zero-order chi connectivity index (χ0) is 16.2. The molecule has 0 aliphatic heterocycles. The van der Waals surface area contributed by atoms with Gasteiger partial charge in [0.1, 0.15) is 5.01 Å². The second kappa shape index (κ2) is 7.38. The van der Waals surface area contributed by atoms with E-state index in [0.29, 0.717) is 6.42 Å². The minimum absolute atomic E-state index is 0.0142. The lowest BCUT2D eigenvalue weighted by Gasteiger charge is -2.14. The molecule has 0 unspecified atom stereocenters. The van der Waals surface area contributed by atoms with Crippen LogP contribution in [0.25, 0.3) is 10.6 Å². The first-order valence-corrected chi connectivity index (χ1v) is 9.75. The smallest absolute Gasteiger partial charge is 0.226 e. The Morgan fingerprint density at radius 1 is 1.35 bits per heavy atom. The second-order valence-electron chi connectivity index (χ2n) is 5.18. The Kier molecular flexibility index (Phi) is 5.25. The highest BCUT2D eigenvalue weighted by molar-refractivity contribution is 9.10. The Labute approximate surface area is 151 Å². The van der Waals surface area contributed by atoms with Gasteiger partial charge in [-0.1, -0.05) is 28.1 Å². The largest absolute Gasteiger partial charge is 0.349 e. The molecular weight excluding hydrogens is 392 g/mol. The van der Waals surface area contributed by atoms with Gasteiger partial charge in [-0.2, -0.15) is 11.3 Å². The zero-order valence-electron chi connectivity index (χ0n) is 12.5. The third kappa shape index (κ3) is 4.28. The predicted molar refractivity (Wildman–Crippen MR) is 99.8 cm³/mol. The van der Waals surface area contributed by atoms with Gasteiger partial charge in [-0.05, 0) is 36.1 Å². The number of carbonyl (C=O) groups is 1. The summed E-state index contributed by atoms with van der Waals surface area (Å²) in [6.45, 7) is 1.98. The van der Waals surface area contributed by atoms with Gasteiger partial charge in [-0.15, -0.1) is 11.3 Å². The molecule has 1 aromatic carbocycles. The van der Waals surface area contributed by atoms with E-state index in [9.17, 15) is 4.79 Å². The Morgan fingerprint density at radius 3 is 2.96 bits per heavy atom. The van der Waals surface area contributed by atoms with Crippen LogP contribution in [0.5, 0.6) is 0 Å². The number of aromatic nitrogens is 1. The van der Waals surface area contributed by atoms with Gasteiger partial charge in [0.15, 0.2) is 0 Å². The van der Waals surface area contributed by atoms with Gasteiger partial charge in [0.05, 0.1) is 18.2 Å². The number of hydrogen-bond donors (Lipinski definition) is 1. The highest BCUT2D eigenvalue weighted by atomic mass is 79.9. The van der Waals surface area contributed by atoms with Crippen LogP contribution in [0.4, 0.5) is 0 Å². The number of hydrogen-bond acceptors (Lipinski definition) is 4. The number of benzene rings is 1. The first kappa shape index (κ1) is 16.4. The minimum Gasteiger partial charge on any atom is -0.349 e. The molecule has 23 heavy (non-hydrogen) atoms. The van der Waals surface area contributed by atoms with Crippen molar-refractivity contribution < 1.29 is 4.79 Å². The molecule has 0 aliphatic rings. The van der Waals surface area contributed by atoms with E-state index in [2.05, 4.69) is 31.6 Å². The maximum Gasteiger partial charge on any atom is 0.226 e. The number of nitrogens with zero attached hydrogens (tertiary/aromatic N) is 1. The number of rotatable bonds is 5. The molecule has 0 aliphatic carbocycles. The van der Waals surface area contributed by atoms with Crippen LogP contribution < -0.4 is 5.32 Å². The van der Waals surface area contributed by atoms with Crippen LogP contribution in [-0.2, 0) is 11.2 Å². The summed E-state index contributed by atoms with van der Waals surface area (Å²) in [6, 6.07) is 9.97. The van der Waals surface area contributed by atoms with E-state index in [4.69, 9.17) is 0 Å². The summed E-state index contributed by atoms with van der Waals surface area (Å²) in [5, 5.41) is 10.0. The summed E-state index contributed by atoms with van der Waals surface area (Å²) in [5.74, 6) is -0.0142. The van der Waals surface area contributed by atoms with Crippen molar-refractivity contribution in [2.45, 2.75) is 19.4 Å². The van der Waals surface area contributed by atoms with Crippen LogP contribution in [0.1, 0.15) is 24.2 Å². The van der Waals surface area contributed by atoms with Gasteiger partial charge in [0.2, 0.25) is 5.91 Å². The predicted octanol–water partition coefficient (Wildman–Crippen LogP) is 5.05. The number of carbonyl (C=O) groups excluding carboxylic acids is 1. The molecule has 2 aromatic heterocycles. The summed E-state index contributed by atoms with van der Waals surface area (Å²) in [4.78, 5) is 16.8. The van der Waals surface area contributed by atoms with E-state index in [0.717, 1.165) is 26.3 Å². The standard InChI is InChI=1S/C17H15BrN2OS2/c1-11(12-3-2-4-14(18)7-12)19-16(21)8-15-10-23-17(20-15)13-5-6-22-9-13/h2-7,9-11H,8H2,1H3,(H,19,21)/t11-/m1/s1. The fraction of sp³-hybridized carbons (Fsp3) is 0.176. The van der Waals surface area contributed by atoms with Gasteiger partial charge < -0.3 is 5.32 Å². The number of amides is 1. The van der Waals surface area contributed by atoms with E-state index in [1.807, 2.05) is 48.0 Å². The van der Waals surface area contributed by atoms with E-state index in [-0.39, 0.29) is 11.9 Å². The molecule has 1 N–H and O–H groups in total. The van der Waals surface area contributed by atoms with Crippen molar-refractivity contribution in [3.8, 4) is 10.6 Å². The van der Waals surface area contributed by atoms with E-state index in [1.54, 1.807) is 22.7 Å². The molecule has 0 fully saturated rings. The molecule has 3 nitrogen and oxygen atoms in total. The molecule has 1 amide bonds. The number of thiophene rings is 1. The van der Waals surface area contributed by atoms with Crippen LogP contribution in [0.2, 0.25) is 0 Å². The van der Waals surface area contributed by atoms with Gasteiger partial charge in [-0.3, -0.25) is 4.79 Å². The summed E-state index contributed by atoms with van der Waals surface area (Å²) < 4.78 is 1.01. The first-order valence-electron chi connectivity index (χ1n) is 7.13. The Morgan fingerprint density at radius 2 is 2.22 bits per heavy atom. The number of thiazole rings is 1. The average Bonchev–Trinajstić information content (AvgIpc) is 3.17. The van der Waals surface area contributed by atoms with Crippen LogP contribution in [0.15, 0.2) is 50.9 Å². The van der Waals surface area contributed by atoms with Gasteiger partial charge >= 0.3 is 0 Å². The molecule has 2 heterocycles. The third-order valence-electron chi connectivity index (χ3n) is 3.39. The average molecular weight is 407 g/mol. The van der Waals surface area contributed by atoms with Gasteiger partial charge in [0.25, 0.3) is 0 Å². The number of nitrogens with one attached hydrogen (secondary N) is 1. The molecule has 3 rings (SSSR count). The molecule has 1 atom stereocenters. The van der Waals surface area contributed by atoms with Gasteiger partial charge in [0, 0.05) is 20.8 Å². The highest BCUT2D eigenvalue weighted by Crippen LogP contribution is 2.26. The molecular formula is C17H15BrN2OS2. The van der Waals surface area contributed by atoms with E-state index < -0.39 is 0 Å². The molecule has 0 bridgehead atoms. The zero-order valence-corrected chi connectivity index (χ0v) is 15.7. The normalized spacial score (nSPS) is 12.1. The lowest BCUT2D eigenvalue weighted by molar-refractivity contribution is -0.121. The lowest BCUT2D eigenvalue weighted by Crippen LogP contribution is -2.28. The van der Waals surface area contributed by atoms with Crippen LogP contribution in [0.3, 0.4) is 0 Å². The molecule has 0 saturated carbocycles. The van der Waals surface area contributed by atoms with Gasteiger partial charge in [-0.25, -0.2) is 4.98 Å². The van der Waals surface area contributed by atoms with Crippen LogP contribution in [-0.4, -0.2) is 10.9 Å². The van der Waals surface area contributed by atoms with E-state index in [1.165, 1.54) is 0 Å². The van der Waals surface area contributed by atoms with Crippen molar-refractivity contribution >= 4 is 44.5 Å². The SMILES string of the molecule is C[C@@H](NC(=O)Cc1csc(-c2ccsc2)n1)c1cccc(Br)c1. The van der Waals surface area contributed by atoms with Crippen molar-refractivity contribution in [3.63, 3.8) is 0 Å². The molecule has 118 valence electrons. The Balaban J connectivity index is 1.61. The summed E-state index contributed by atoms with van der Waals surface area (Å²) in [6.07, 6.45) is 0.305. The van der Waals surface area contributed by atoms with Crippen LogP contribution in [0, 0.1) is 0 Å². The van der Waals surface area contributed by atoms with Crippen LogP contribution >= 0.6 is 38.6 Å². The van der Waals surface area contributed by atoms with Crippen molar-refractivity contribution in [3.05, 3.63) is 62.2 Å².